The van der Waals surface area contributed by atoms with E-state index in [0.29, 0.717) is 25.7 Å². The van der Waals surface area contributed by atoms with Crippen LogP contribution in [-0.2, 0) is 43.2 Å². The summed E-state index contributed by atoms with van der Waals surface area (Å²) in [6.45, 7) is 1.49. The molecule has 0 N–H and O–H groups in total. The number of ether oxygens (including phenoxy) is 2. The summed E-state index contributed by atoms with van der Waals surface area (Å²) in [5.41, 5.74) is 0. The van der Waals surface area contributed by atoms with Gasteiger partial charge in [0, 0.05) is 19.1 Å². The molecule has 0 aliphatic carbocycles. The maximum atomic E-state index is 11.3. The Bertz CT molecular complexity index is 593. The van der Waals surface area contributed by atoms with Crippen molar-refractivity contribution in [1.29, 1.82) is 0 Å². The fourth-order valence-corrected chi connectivity index (χ4v) is 2.61. The third-order valence-corrected chi connectivity index (χ3v) is 4.15. The van der Waals surface area contributed by atoms with Crippen LogP contribution in [0.25, 0.3) is 0 Å². The molecule has 0 atom stereocenters. The number of unbranched alkanes of at least 4 members (excludes halogenated alkanes) is 3. The number of hydrogen-bond donors (Lipinski definition) is 0. The van der Waals surface area contributed by atoms with Gasteiger partial charge in [-0.05, 0) is 19.8 Å². The molecule has 0 rings (SSSR count). The number of carbonyl (C=O) groups excluding carboxylic acids is 2. The quantitative estimate of drug-likeness (QED) is 0.255. The van der Waals surface area contributed by atoms with Gasteiger partial charge < -0.3 is 9.47 Å². The monoisotopic (exact) mass is 388 g/mol. The lowest BCUT2D eigenvalue weighted by Crippen LogP contribution is -2.16. The first-order chi connectivity index (χ1) is 11.1. The van der Waals surface area contributed by atoms with E-state index in [1.165, 1.54) is 6.92 Å². The van der Waals surface area contributed by atoms with Gasteiger partial charge >= 0.3 is 22.1 Å². The summed E-state index contributed by atoms with van der Waals surface area (Å²) >= 11 is 0. The predicted molar refractivity (Wildman–Crippen MR) is 85.0 cm³/mol. The zero-order valence-electron chi connectivity index (χ0n) is 13.9. The number of sulfone groups is 1. The zero-order valence-corrected chi connectivity index (χ0v) is 15.5. The highest BCUT2D eigenvalue weighted by molar-refractivity contribution is 7.90. The van der Waals surface area contributed by atoms with Crippen molar-refractivity contribution in [2.24, 2.45) is 0 Å². The van der Waals surface area contributed by atoms with Crippen LogP contribution in [0.5, 0.6) is 0 Å². The average molecular weight is 388 g/mol. The Morgan fingerprint density at radius 1 is 0.792 bits per heavy atom. The molecule has 0 amide bonds. The molecular weight excluding hydrogens is 364 g/mol. The van der Waals surface area contributed by atoms with Gasteiger partial charge in [-0.2, -0.15) is 8.42 Å². The van der Waals surface area contributed by atoms with Crippen molar-refractivity contribution < 1.29 is 40.1 Å². The van der Waals surface area contributed by atoms with Gasteiger partial charge in [-0.15, -0.1) is 0 Å². The third kappa shape index (κ3) is 14.4. The Kier molecular flexibility index (Phi) is 10.8. The smallest absolute Gasteiger partial charge is 0.306 e. The van der Waals surface area contributed by atoms with Crippen LogP contribution in [0.1, 0.15) is 45.4 Å². The molecule has 0 aromatic carbocycles. The summed E-state index contributed by atoms with van der Waals surface area (Å²) in [4.78, 5) is 22.6. The summed E-state index contributed by atoms with van der Waals surface area (Å²) in [7, 11) is -7.16. The molecule has 0 aromatic rings. The van der Waals surface area contributed by atoms with Gasteiger partial charge in [-0.1, -0.05) is 12.8 Å². The Morgan fingerprint density at radius 3 is 1.67 bits per heavy atom. The lowest BCUT2D eigenvalue weighted by molar-refractivity contribution is -0.142. The predicted octanol–water partition coefficient (Wildman–Crippen LogP) is 0.739. The van der Waals surface area contributed by atoms with Crippen LogP contribution >= 0.6 is 0 Å². The van der Waals surface area contributed by atoms with Crippen molar-refractivity contribution in [3.8, 4) is 0 Å². The molecule has 0 saturated carbocycles. The molecule has 0 unspecified atom stereocenters. The van der Waals surface area contributed by atoms with Crippen LogP contribution < -0.4 is 0 Å². The van der Waals surface area contributed by atoms with Crippen molar-refractivity contribution in [3.05, 3.63) is 0 Å². The zero-order chi connectivity index (χ0) is 18.6. The lowest BCUT2D eigenvalue weighted by Gasteiger charge is -2.06. The molecule has 9 nitrogen and oxygen atoms in total. The second-order valence-electron chi connectivity index (χ2n) is 5.07. The van der Waals surface area contributed by atoms with Gasteiger partial charge in [0.2, 0.25) is 5.94 Å². The van der Waals surface area contributed by atoms with Crippen LogP contribution in [0, 0.1) is 0 Å². The van der Waals surface area contributed by atoms with Gasteiger partial charge in [0.15, 0.2) is 15.8 Å². The molecule has 0 radical (unpaired) electrons. The van der Waals surface area contributed by atoms with E-state index in [1.807, 2.05) is 0 Å². The highest BCUT2D eigenvalue weighted by atomic mass is 32.2. The van der Waals surface area contributed by atoms with Gasteiger partial charge in [-0.3, -0.25) is 13.8 Å². The van der Waals surface area contributed by atoms with Gasteiger partial charge in [0.25, 0.3) is 0 Å². The fraction of sp³-hybridized carbons (Fsp3) is 0.846. The standard InChI is InChI=1S/C13H24O9S2/c1-3-22-24(18,19)11-21-13(15)9-7-5-4-6-8-12(14)20-10-23(2,16)17/h3-11H2,1-2H3. The van der Waals surface area contributed by atoms with Crippen molar-refractivity contribution in [2.45, 2.75) is 45.4 Å². The van der Waals surface area contributed by atoms with Crippen LogP contribution in [0.2, 0.25) is 0 Å². The van der Waals surface area contributed by atoms with E-state index in [9.17, 15) is 26.4 Å². The molecule has 0 bridgehead atoms. The van der Waals surface area contributed by atoms with E-state index in [4.69, 9.17) is 0 Å². The van der Waals surface area contributed by atoms with Gasteiger partial charge in [-0.25, -0.2) is 8.42 Å². The summed E-state index contributed by atoms with van der Waals surface area (Å²) in [5.74, 6) is -2.64. The van der Waals surface area contributed by atoms with E-state index < -0.39 is 43.8 Å². The number of rotatable bonds is 13. The molecular formula is C13H24O9S2. The molecule has 24 heavy (non-hydrogen) atoms. The van der Waals surface area contributed by atoms with Crippen molar-refractivity contribution in [1.82, 2.24) is 0 Å². The minimum atomic E-state index is -3.83. The lowest BCUT2D eigenvalue weighted by atomic mass is 10.1. The van der Waals surface area contributed by atoms with Gasteiger partial charge in [0.1, 0.15) is 0 Å². The summed E-state index contributed by atoms with van der Waals surface area (Å²) in [5, 5.41) is 0. The molecule has 0 aliphatic rings. The first-order valence-electron chi connectivity index (χ1n) is 7.42. The summed E-state index contributed by atoms with van der Waals surface area (Å²) in [6, 6.07) is 0. The molecule has 0 aliphatic heterocycles. The Hall–Kier alpha value is -1.20. The Morgan fingerprint density at radius 2 is 1.25 bits per heavy atom. The first kappa shape index (κ1) is 22.8. The molecule has 11 heteroatoms. The van der Waals surface area contributed by atoms with E-state index in [0.717, 1.165) is 6.26 Å². The molecule has 0 heterocycles. The van der Waals surface area contributed by atoms with Crippen molar-refractivity contribution in [2.75, 3.05) is 24.7 Å². The molecule has 142 valence electrons. The van der Waals surface area contributed by atoms with Crippen molar-refractivity contribution >= 4 is 31.9 Å². The van der Waals surface area contributed by atoms with Crippen LogP contribution in [0.4, 0.5) is 0 Å². The molecule has 0 saturated heterocycles. The SMILES string of the molecule is CCOS(=O)(=O)COC(=O)CCCCCCC(=O)OCS(C)(=O)=O. The molecule has 0 fully saturated rings. The maximum Gasteiger partial charge on any atom is 0.306 e. The second-order valence-corrected chi connectivity index (χ2v) is 8.75. The summed E-state index contributed by atoms with van der Waals surface area (Å²) in [6.07, 6.45) is 3.44. The third-order valence-electron chi connectivity index (χ3n) is 2.61. The Balaban J connectivity index is 3.66. The van der Waals surface area contributed by atoms with E-state index in [2.05, 4.69) is 13.7 Å². The Labute approximate surface area is 142 Å². The van der Waals surface area contributed by atoms with Crippen LogP contribution in [0.15, 0.2) is 0 Å². The second kappa shape index (κ2) is 11.4. The fourth-order valence-electron chi connectivity index (χ4n) is 1.56. The molecule has 0 spiro atoms. The first-order valence-corrected chi connectivity index (χ1v) is 11.1. The molecule has 0 aromatic heterocycles. The van der Waals surface area contributed by atoms with Crippen LogP contribution in [-0.4, -0.2) is 53.5 Å². The van der Waals surface area contributed by atoms with Gasteiger partial charge in [0.05, 0.1) is 6.61 Å². The average Bonchev–Trinajstić information content (AvgIpc) is 2.46. The highest BCUT2D eigenvalue weighted by Gasteiger charge is 2.13. The van der Waals surface area contributed by atoms with E-state index >= 15 is 0 Å². The topological polar surface area (TPSA) is 130 Å². The highest BCUT2D eigenvalue weighted by Crippen LogP contribution is 2.08. The van der Waals surface area contributed by atoms with E-state index in [-0.39, 0.29) is 19.4 Å². The summed E-state index contributed by atoms with van der Waals surface area (Å²) < 4.78 is 57.5. The maximum absolute atomic E-state index is 11.3. The minimum Gasteiger partial charge on any atom is -0.449 e. The largest absolute Gasteiger partial charge is 0.449 e. The normalized spacial score (nSPS) is 11.9. The van der Waals surface area contributed by atoms with Crippen LogP contribution in [0.3, 0.4) is 0 Å². The van der Waals surface area contributed by atoms with E-state index in [1.54, 1.807) is 0 Å². The van der Waals surface area contributed by atoms with Crippen molar-refractivity contribution in [3.63, 3.8) is 0 Å². The number of hydrogen-bond acceptors (Lipinski definition) is 9. The minimum absolute atomic E-state index is 0.0213. The number of esters is 2. The number of carbonyl (C=O) groups is 2.